The Morgan fingerprint density at radius 1 is 0.857 bits per heavy atom. The van der Waals surface area contributed by atoms with Crippen molar-refractivity contribution >= 4 is 18.0 Å². The summed E-state index contributed by atoms with van der Waals surface area (Å²) in [5, 5.41) is 14.9. The maximum Gasteiger partial charge on any atom is 0.407 e. The maximum absolute atomic E-state index is 13.3. The predicted molar refractivity (Wildman–Crippen MR) is 158 cm³/mol. The number of fused-ring (bicyclic) bond motifs is 3. The van der Waals surface area contributed by atoms with Crippen LogP contribution in [0.4, 0.5) is 4.79 Å². The molecule has 3 aromatic rings. The molecule has 0 unspecified atom stereocenters. The third-order valence-electron chi connectivity index (χ3n) is 7.02. The highest BCUT2D eigenvalue weighted by Gasteiger charge is 2.33. The van der Waals surface area contributed by atoms with Gasteiger partial charge in [0.05, 0.1) is 24.9 Å². The summed E-state index contributed by atoms with van der Waals surface area (Å²) in [6.07, 6.45) is -1.67. The summed E-state index contributed by atoms with van der Waals surface area (Å²) in [7, 11) is 0. The van der Waals surface area contributed by atoms with E-state index in [1.165, 1.54) is 0 Å². The molecule has 3 N–H and O–H groups in total. The number of hydrogen-bond acceptors (Lipinski definition) is 6. The van der Waals surface area contributed by atoms with Crippen LogP contribution in [0.3, 0.4) is 0 Å². The van der Waals surface area contributed by atoms with Crippen LogP contribution in [0.2, 0.25) is 0 Å². The van der Waals surface area contributed by atoms with Gasteiger partial charge in [0.2, 0.25) is 5.91 Å². The molecule has 0 fully saturated rings. The number of nitrogens with one attached hydrogen (secondary N) is 2. The first-order chi connectivity index (χ1) is 20.0. The summed E-state index contributed by atoms with van der Waals surface area (Å²) in [5.41, 5.74) is 4.58. The van der Waals surface area contributed by atoms with Gasteiger partial charge in [-0.25, -0.2) is 9.59 Å². The molecule has 4 rings (SSSR count). The molecule has 9 heteroatoms. The zero-order chi connectivity index (χ0) is 30.3. The standard InChI is InChI=1S/C33H38N2O7/c1-21(40-18-22-12-6-5-7-13-22)29(31(37)38)35-30(36)28(20-42-33(2,3)4)34-32(39)41-19-27-25-16-10-8-14-23(25)24-15-9-11-17-26(24)27/h5-17,21,27-29H,18-20H2,1-4H3,(H,34,39)(H,35,36)(H,37,38)/t21-,28-,29+/m0/s1. The lowest BCUT2D eigenvalue weighted by molar-refractivity contribution is -0.147. The van der Waals surface area contributed by atoms with Crippen molar-refractivity contribution < 1.29 is 33.7 Å². The fourth-order valence-corrected chi connectivity index (χ4v) is 4.83. The van der Waals surface area contributed by atoms with Gasteiger partial charge in [0.1, 0.15) is 12.6 Å². The molecular formula is C33H38N2O7. The van der Waals surface area contributed by atoms with Gasteiger partial charge in [0.25, 0.3) is 0 Å². The lowest BCUT2D eigenvalue weighted by Gasteiger charge is -2.27. The monoisotopic (exact) mass is 574 g/mol. The molecule has 3 atom stereocenters. The van der Waals surface area contributed by atoms with Gasteiger partial charge in [-0.1, -0.05) is 78.9 Å². The van der Waals surface area contributed by atoms with Crippen LogP contribution in [0.1, 0.15) is 50.3 Å². The molecule has 1 aliphatic rings. The highest BCUT2D eigenvalue weighted by Crippen LogP contribution is 2.44. The number of alkyl carbamates (subject to hydrolysis) is 1. The second kappa shape index (κ2) is 13.6. The third kappa shape index (κ3) is 7.96. The summed E-state index contributed by atoms with van der Waals surface area (Å²) in [6, 6.07) is 22.7. The van der Waals surface area contributed by atoms with Crippen molar-refractivity contribution in [3.63, 3.8) is 0 Å². The molecule has 3 aromatic carbocycles. The molecule has 2 amide bonds. The fraction of sp³-hybridized carbons (Fsp3) is 0.364. The Balaban J connectivity index is 1.41. The molecule has 0 saturated heterocycles. The molecule has 42 heavy (non-hydrogen) atoms. The summed E-state index contributed by atoms with van der Waals surface area (Å²) in [4.78, 5) is 38.3. The number of benzene rings is 3. The second-order valence-electron chi connectivity index (χ2n) is 11.3. The van der Waals surface area contributed by atoms with Crippen molar-refractivity contribution in [2.75, 3.05) is 13.2 Å². The zero-order valence-corrected chi connectivity index (χ0v) is 24.3. The second-order valence-corrected chi connectivity index (χ2v) is 11.3. The topological polar surface area (TPSA) is 123 Å². The number of carboxylic acid groups (broad SMARTS) is 1. The van der Waals surface area contributed by atoms with Gasteiger partial charge in [-0.15, -0.1) is 0 Å². The number of carbonyl (C=O) groups excluding carboxylic acids is 2. The number of hydrogen-bond donors (Lipinski definition) is 3. The van der Waals surface area contributed by atoms with E-state index in [9.17, 15) is 19.5 Å². The Bertz CT molecular complexity index is 1340. The van der Waals surface area contributed by atoms with E-state index in [0.29, 0.717) is 0 Å². The van der Waals surface area contributed by atoms with E-state index in [4.69, 9.17) is 14.2 Å². The lowest BCUT2D eigenvalue weighted by Crippen LogP contribution is -2.57. The van der Waals surface area contributed by atoms with Crippen molar-refractivity contribution in [2.45, 2.75) is 64.0 Å². The number of carbonyl (C=O) groups is 3. The highest BCUT2D eigenvalue weighted by molar-refractivity contribution is 5.89. The molecule has 0 aromatic heterocycles. The van der Waals surface area contributed by atoms with E-state index in [2.05, 4.69) is 10.6 Å². The summed E-state index contributed by atoms with van der Waals surface area (Å²) in [6.45, 7) is 7.07. The number of carboxylic acids is 1. The summed E-state index contributed by atoms with van der Waals surface area (Å²) >= 11 is 0. The Hall–Kier alpha value is -4.21. The molecule has 0 spiro atoms. The van der Waals surface area contributed by atoms with Crippen LogP contribution in [-0.2, 0) is 30.4 Å². The minimum Gasteiger partial charge on any atom is -0.480 e. The zero-order valence-electron chi connectivity index (χ0n) is 24.3. The van der Waals surface area contributed by atoms with Crippen LogP contribution in [0.15, 0.2) is 78.9 Å². The van der Waals surface area contributed by atoms with E-state index < -0.39 is 41.8 Å². The van der Waals surface area contributed by atoms with Crippen LogP contribution in [-0.4, -0.2) is 60.1 Å². The number of rotatable bonds is 12. The smallest absolute Gasteiger partial charge is 0.407 e. The highest BCUT2D eigenvalue weighted by atomic mass is 16.6. The molecule has 0 aliphatic heterocycles. The van der Waals surface area contributed by atoms with Gasteiger partial charge in [0, 0.05) is 5.92 Å². The minimum atomic E-state index is -1.36. The average molecular weight is 575 g/mol. The molecule has 222 valence electrons. The van der Waals surface area contributed by atoms with Gasteiger partial charge in [0.15, 0.2) is 6.04 Å². The van der Waals surface area contributed by atoms with Crippen molar-refractivity contribution in [3.8, 4) is 11.1 Å². The molecule has 9 nitrogen and oxygen atoms in total. The quantitative estimate of drug-likeness (QED) is 0.282. The Morgan fingerprint density at radius 2 is 1.43 bits per heavy atom. The van der Waals surface area contributed by atoms with Gasteiger partial charge in [-0.2, -0.15) is 0 Å². The van der Waals surface area contributed by atoms with Crippen LogP contribution in [0, 0.1) is 0 Å². The first kappa shape index (κ1) is 30.7. The van der Waals surface area contributed by atoms with Crippen molar-refractivity contribution in [1.82, 2.24) is 10.6 Å². The molecule has 1 aliphatic carbocycles. The molecule has 0 heterocycles. The van der Waals surface area contributed by atoms with Crippen LogP contribution in [0.5, 0.6) is 0 Å². The normalized spacial score (nSPS) is 14.7. The van der Waals surface area contributed by atoms with Crippen LogP contribution < -0.4 is 10.6 Å². The van der Waals surface area contributed by atoms with Crippen LogP contribution in [0.25, 0.3) is 11.1 Å². The molecule has 0 bridgehead atoms. The molecule has 0 saturated carbocycles. The first-order valence-electron chi connectivity index (χ1n) is 14.0. The van der Waals surface area contributed by atoms with Crippen molar-refractivity contribution in [3.05, 3.63) is 95.6 Å². The summed E-state index contributed by atoms with van der Waals surface area (Å²) < 4.78 is 17.1. The largest absolute Gasteiger partial charge is 0.480 e. The van der Waals surface area contributed by atoms with E-state index in [-0.39, 0.29) is 25.7 Å². The van der Waals surface area contributed by atoms with Gasteiger partial charge in [-0.05, 0) is 55.5 Å². The van der Waals surface area contributed by atoms with Crippen LogP contribution >= 0.6 is 0 Å². The molecular weight excluding hydrogens is 536 g/mol. The Morgan fingerprint density at radius 3 is 2.00 bits per heavy atom. The van der Waals surface area contributed by atoms with Crippen molar-refractivity contribution in [1.29, 1.82) is 0 Å². The van der Waals surface area contributed by atoms with Gasteiger partial charge < -0.3 is 30.0 Å². The van der Waals surface area contributed by atoms with Gasteiger partial charge >= 0.3 is 12.1 Å². The summed E-state index contributed by atoms with van der Waals surface area (Å²) in [5.74, 6) is -2.14. The maximum atomic E-state index is 13.3. The fourth-order valence-electron chi connectivity index (χ4n) is 4.83. The Labute approximate surface area is 246 Å². The van der Waals surface area contributed by atoms with E-state index in [1.807, 2.05) is 99.6 Å². The lowest BCUT2D eigenvalue weighted by atomic mass is 9.98. The van der Waals surface area contributed by atoms with Crippen molar-refractivity contribution in [2.24, 2.45) is 0 Å². The third-order valence-corrected chi connectivity index (χ3v) is 7.02. The SMILES string of the molecule is C[C@H](OCc1ccccc1)[C@@H](NC(=O)[C@H](COC(C)(C)C)NC(=O)OCC1c2ccccc2-c2ccccc21)C(=O)O. The van der Waals surface area contributed by atoms with E-state index in [0.717, 1.165) is 27.8 Å². The number of ether oxygens (including phenoxy) is 3. The number of aliphatic carboxylic acids is 1. The molecule has 0 radical (unpaired) electrons. The van der Waals surface area contributed by atoms with Gasteiger partial charge in [-0.3, -0.25) is 4.79 Å². The predicted octanol–water partition coefficient (Wildman–Crippen LogP) is 4.88. The average Bonchev–Trinajstić information content (AvgIpc) is 3.29. The Kier molecular flexibility index (Phi) is 9.98. The first-order valence-corrected chi connectivity index (χ1v) is 14.0. The number of amides is 2. The van der Waals surface area contributed by atoms with E-state index >= 15 is 0 Å². The minimum absolute atomic E-state index is 0.0659. The van der Waals surface area contributed by atoms with E-state index in [1.54, 1.807) is 6.92 Å².